The first-order valence-electron chi connectivity index (χ1n) is 13.2. The average Bonchev–Trinajstić information content (AvgIpc) is 3.42. The molecule has 1 aliphatic heterocycles. The van der Waals surface area contributed by atoms with Crippen molar-refractivity contribution in [2.24, 2.45) is 0 Å². The minimum atomic E-state index is -0.0177. The van der Waals surface area contributed by atoms with Gasteiger partial charge in [-0.15, -0.1) is 0 Å². The number of pyridine rings is 1. The van der Waals surface area contributed by atoms with E-state index in [1.807, 2.05) is 24.4 Å². The zero-order valence-electron chi connectivity index (χ0n) is 22.6. The van der Waals surface area contributed by atoms with Gasteiger partial charge in [0.15, 0.2) is 5.11 Å². The minimum Gasteiger partial charge on any atom is -0.385 e. The Morgan fingerprint density at radius 2 is 1.71 bits per heavy atom. The molecule has 7 heteroatoms. The molecule has 1 fully saturated rings. The van der Waals surface area contributed by atoms with Gasteiger partial charge in [0.1, 0.15) is 0 Å². The van der Waals surface area contributed by atoms with E-state index in [1.54, 1.807) is 0 Å². The second kappa shape index (κ2) is 11.3. The van der Waals surface area contributed by atoms with E-state index >= 15 is 0 Å². The van der Waals surface area contributed by atoms with E-state index in [4.69, 9.17) is 17.2 Å². The Kier molecular flexibility index (Phi) is 7.65. The van der Waals surface area contributed by atoms with Gasteiger partial charge < -0.3 is 25.0 Å². The number of benzene rings is 2. The molecule has 196 valence electrons. The molecule has 3 heterocycles. The highest BCUT2D eigenvalue weighted by Crippen LogP contribution is 2.41. The number of hydrogen-bond acceptors (Lipinski definition) is 4. The van der Waals surface area contributed by atoms with Gasteiger partial charge in [-0.05, 0) is 92.6 Å². The third-order valence-corrected chi connectivity index (χ3v) is 7.64. The largest absolute Gasteiger partial charge is 0.385 e. The number of nitrogens with zero attached hydrogens (tertiary/aromatic N) is 4. The van der Waals surface area contributed by atoms with Crippen LogP contribution in [-0.4, -0.2) is 46.7 Å². The topological polar surface area (TPSA) is 48.4 Å². The molecule has 1 saturated heterocycles. The number of rotatable bonds is 9. The van der Waals surface area contributed by atoms with Gasteiger partial charge >= 0.3 is 0 Å². The molecule has 6 nitrogen and oxygen atoms in total. The highest BCUT2D eigenvalue weighted by Gasteiger charge is 2.41. The van der Waals surface area contributed by atoms with Crippen LogP contribution in [0.4, 0.5) is 11.4 Å². The van der Waals surface area contributed by atoms with Crippen LogP contribution in [0.3, 0.4) is 0 Å². The van der Waals surface area contributed by atoms with Crippen LogP contribution in [0.25, 0.3) is 5.69 Å². The van der Waals surface area contributed by atoms with Crippen molar-refractivity contribution in [1.82, 2.24) is 19.8 Å². The number of thiocarbonyl (C=S) groups is 1. The van der Waals surface area contributed by atoms with Gasteiger partial charge in [-0.25, -0.2) is 0 Å². The van der Waals surface area contributed by atoms with E-state index in [0.717, 1.165) is 36.0 Å². The third-order valence-electron chi connectivity index (χ3n) is 7.29. The fourth-order valence-corrected chi connectivity index (χ4v) is 5.74. The zero-order chi connectivity index (χ0) is 26.6. The fraction of sp³-hybridized carbons (Fsp3) is 0.290. The molecule has 0 aliphatic carbocycles. The summed E-state index contributed by atoms with van der Waals surface area (Å²) in [5, 5.41) is 7.91. The Balaban J connectivity index is 1.45. The number of para-hydroxylation sites is 1. The first-order chi connectivity index (χ1) is 18.4. The van der Waals surface area contributed by atoms with Crippen LogP contribution in [0.15, 0.2) is 85.1 Å². The van der Waals surface area contributed by atoms with E-state index < -0.39 is 0 Å². The van der Waals surface area contributed by atoms with E-state index in [-0.39, 0.29) is 12.1 Å². The van der Waals surface area contributed by atoms with Crippen molar-refractivity contribution in [1.29, 1.82) is 0 Å². The summed E-state index contributed by atoms with van der Waals surface area (Å²) in [7, 11) is 4.13. The van der Waals surface area contributed by atoms with Crippen molar-refractivity contribution in [3.05, 3.63) is 108 Å². The van der Waals surface area contributed by atoms with Crippen LogP contribution in [0, 0.1) is 13.8 Å². The van der Waals surface area contributed by atoms with Crippen LogP contribution >= 0.6 is 12.2 Å². The van der Waals surface area contributed by atoms with E-state index in [0.29, 0.717) is 0 Å². The van der Waals surface area contributed by atoms with Crippen LogP contribution < -0.4 is 15.5 Å². The molecule has 5 rings (SSSR count). The molecule has 2 atom stereocenters. The first-order valence-corrected chi connectivity index (χ1v) is 13.6. The summed E-state index contributed by atoms with van der Waals surface area (Å²) < 4.78 is 2.35. The summed E-state index contributed by atoms with van der Waals surface area (Å²) in [4.78, 5) is 9.18. The summed E-state index contributed by atoms with van der Waals surface area (Å²) in [5.74, 6) is 0. The van der Waals surface area contributed by atoms with Gasteiger partial charge in [0.25, 0.3) is 0 Å². The van der Waals surface area contributed by atoms with Crippen molar-refractivity contribution >= 4 is 28.7 Å². The number of hydrogen-bond donors (Lipinski definition) is 2. The monoisotopic (exact) mass is 524 g/mol. The van der Waals surface area contributed by atoms with Crippen molar-refractivity contribution in [3.8, 4) is 5.69 Å². The molecule has 2 aromatic carbocycles. The average molecular weight is 525 g/mol. The maximum atomic E-state index is 5.91. The maximum Gasteiger partial charge on any atom is 0.170 e. The molecule has 4 aromatic rings. The lowest BCUT2D eigenvalue weighted by atomic mass is 9.96. The molecule has 2 aromatic heterocycles. The summed E-state index contributed by atoms with van der Waals surface area (Å²) in [5.41, 5.74) is 8.21. The Hall–Kier alpha value is -3.84. The smallest absolute Gasteiger partial charge is 0.170 e. The summed E-state index contributed by atoms with van der Waals surface area (Å²) >= 11 is 5.91. The van der Waals surface area contributed by atoms with E-state index in [1.165, 1.54) is 28.3 Å². The van der Waals surface area contributed by atoms with Crippen molar-refractivity contribution in [2.45, 2.75) is 32.4 Å². The van der Waals surface area contributed by atoms with E-state index in [9.17, 15) is 0 Å². The molecule has 0 amide bonds. The molecule has 0 spiro atoms. The standard InChI is InChI=1S/C31H36N6S/c1-22-21-27(23(2)37(22)26-16-14-25(15-17-26)35(3)4)30-29(28-13-8-9-18-33-28)34-31(38)36(30)20-10-19-32-24-11-6-5-7-12-24/h5-9,11-18,21,29-30,32H,10,19-20H2,1-4H3,(H,34,38). The van der Waals surface area contributed by atoms with Crippen molar-refractivity contribution in [3.63, 3.8) is 0 Å². The van der Waals surface area contributed by atoms with Gasteiger partial charge in [-0.3, -0.25) is 4.98 Å². The van der Waals surface area contributed by atoms with Crippen LogP contribution in [0.2, 0.25) is 0 Å². The summed E-state index contributed by atoms with van der Waals surface area (Å²) in [6.07, 6.45) is 2.83. The Morgan fingerprint density at radius 3 is 2.39 bits per heavy atom. The van der Waals surface area contributed by atoms with Crippen molar-refractivity contribution < 1.29 is 0 Å². The van der Waals surface area contributed by atoms with Crippen LogP contribution in [0.1, 0.15) is 41.1 Å². The second-order valence-corrected chi connectivity index (χ2v) is 10.4. The van der Waals surface area contributed by atoms with Gasteiger partial charge in [-0.2, -0.15) is 0 Å². The molecule has 38 heavy (non-hydrogen) atoms. The fourth-order valence-electron chi connectivity index (χ4n) is 5.41. The first kappa shape index (κ1) is 25.8. The Morgan fingerprint density at radius 1 is 0.974 bits per heavy atom. The predicted molar refractivity (Wildman–Crippen MR) is 161 cm³/mol. The lowest BCUT2D eigenvalue weighted by Crippen LogP contribution is -2.31. The molecule has 0 radical (unpaired) electrons. The molecule has 0 saturated carbocycles. The normalized spacial score (nSPS) is 16.9. The Bertz CT molecular complexity index is 1370. The molecule has 1 aliphatic rings. The number of nitrogens with one attached hydrogen (secondary N) is 2. The molecular weight excluding hydrogens is 488 g/mol. The number of aromatic nitrogens is 2. The number of anilines is 2. The highest BCUT2D eigenvalue weighted by atomic mass is 32.1. The van der Waals surface area contributed by atoms with Crippen molar-refractivity contribution in [2.75, 3.05) is 37.4 Å². The molecule has 2 unspecified atom stereocenters. The zero-order valence-corrected chi connectivity index (χ0v) is 23.4. The van der Waals surface area contributed by atoms with Crippen LogP contribution in [-0.2, 0) is 0 Å². The number of aryl methyl sites for hydroxylation is 1. The highest BCUT2D eigenvalue weighted by molar-refractivity contribution is 7.80. The van der Waals surface area contributed by atoms with Gasteiger partial charge in [0.05, 0.1) is 17.8 Å². The molecule has 0 bridgehead atoms. The lowest BCUT2D eigenvalue weighted by molar-refractivity contribution is 0.315. The minimum absolute atomic E-state index is 0.0177. The predicted octanol–water partition coefficient (Wildman–Crippen LogP) is 6.03. The maximum absolute atomic E-state index is 5.91. The lowest BCUT2D eigenvalue weighted by Gasteiger charge is -2.28. The second-order valence-electron chi connectivity index (χ2n) is 10.0. The molecular formula is C31H36N6S. The SMILES string of the molecule is Cc1cc(C2C(c3ccccn3)NC(=S)N2CCCNc2ccccc2)c(C)n1-c1ccc(N(C)C)cc1. The molecule has 2 N–H and O–H groups in total. The van der Waals surface area contributed by atoms with E-state index in [2.05, 4.69) is 114 Å². The van der Waals surface area contributed by atoms with Gasteiger partial charge in [-0.1, -0.05) is 24.3 Å². The van der Waals surface area contributed by atoms with Gasteiger partial charge in [0, 0.05) is 61.8 Å². The van der Waals surface area contributed by atoms with Crippen LogP contribution in [0.5, 0.6) is 0 Å². The summed E-state index contributed by atoms with van der Waals surface area (Å²) in [6, 6.07) is 27.5. The van der Waals surface area contributed by atoms with Gasteiger partial charge in [0.2, 0.25) is 0 Å². The summed E-state index contributed by atoms with van der Waals surface area (Å²) in [6.45, 7) is 6.12. The third kappa shape index (κ3) is 5.24. The Labute approximate surface area is 231 Å². The quantitative estimate of drug-likeness (QED) is 0.206.